The van der Waals surface area contributed by atoms with Crippen LogP contribution in [0, 0.1) is 6.92 Å². The van der Waals surface area contributed by atoms with E-state index in [0.717, 1.165) is 14.9 Å². The first-order chi connectivity index (χ1) is 14.8. The minimum Gasteiger partial charge on any atom is -0.481 e. The number of urea groups is 1. The molecule has 31 heavy (non-hydrogen) atoms. The van der Waals surface area contributed by atoms with E-state index >= 15 is 0 Å². The Bertz CT molecular complexity index is 1100. The molecule has 0 saturated carbocycles. The van der Waals surface area contributed by atoms with Crippen molar-refractivity contribution in [2.75, 3.05) is 18.1 Å². The van der Waals surface area contributed by atoms with E-state index in [2.05, 4.69) is 21.2 Å². The lowest BCUT2D eigenvalue weighted by atomic mass is 10.1. The Hall–Kier alpha value is -3.46. The zero-order chi connectivity index (χ0) is 22.5. The molecule has 9 heteroatoms. The molecule has 0 unspecified atom stereocenters. The number of carbonyl (C=O) groups excluding carboxylic acids is 4. The molecule has 1 saturated heterocycles. The monoisotopic (exact) mass is 486 g/mol. The Balaban J connectivity index is 1.93. The van der Waals surface area contributed by atoms with E-state index in [0.29, 0.717) is 11.3 Å². The number of nitrogens with zero attached hydrogens (tertiary/aromatic N) is 1. The second-order valence-corrected chi connectivity index (χ2v) is 7.38. The summed E-state index contributed by atoms with van der Waals surface area (Å²) in [6.07, 6.45) is 1.32. The van der Waals surface area contributed by atoms with Crippen molar-refractivity contribution in [3.63, 3.8) is 0 Å². The number of carbonyl (C=O) groups is 4. The molecular weight excluding hydrogens is 468 g/mol. The first-order valence-electron chi connectivity index (χ1n) is 9.37. The van der Waals surface area contributed by atoms with Gasteiger partial charge in [0, 0.05) is 10.0 Å². The quantitative estimate of drug-likeness (QED) is 0.381. The molecule has 1 N–H and O–H groups in total. The summed E-state index contributed by atoms with van der Waals surface area (Å²) < 4.78 is 11.1. The SMILES string of the molecule is CCOC(=O)COc1ccccc1/C=C1\C(=O)NC(=O)N(c2ccc(Br)c(C)c2)C1=O. The molecule has 0 bridgehead atoms. The van der Waals surface area contributed by atoms with Gasteiger partial charge in [0.15, 0.2) is 6.61 Å². The Morgan fingerprint density at radius 1 is 1.16 bits per heavy atom. The third-order valence-electron chi connectivity index (χ3n) is 4.37. The molecule has 1 fully saturated rings. The van der Waals surface area contributed by atoms with Crippen LogP contribution in [0.5, 0.6) is 5.75 Å². The lowest BCUT2D eigenvalue weighted by Gasteiger charge is -2.26. The Kier molecular flexibility index (Phi) is 6.86. The molecule has 2 aromatic rings. The van der Waals surface area contributed by atoms with Crippen LogP contribution in [0.1, 0.15) is 18.1 Å². The molecule has 3 rings (SSSR count). The van der Waals surface area contributed by atoms with Crippen LogP contribution in [0.15, 0.2) is 52.5 Å². The van der Waals surface area contributed by atoms with Crippen molar-refractivity contribution in [3.8, 4) is 5.75 Å². The maximum atomic E-state index is 13.1. The molecular formula is C22H19BrN2O6. The first-order valence-corrected chi connectivity index (χ1v) is 10.2. The zero-order valence-electron chi connectivity index (χ0n) is 16.8. The van der Waals surface area contributed by atoms with Crippen molar-refractivity contribution < 1.29 is 28.7 Å². The van der Waals surface area contributed by atoms with Crippen LogP contribution in [0.3, 0.4) is 0 Å². The Morgan fingerprint density at radius 3 is 2.61 bits per heavy atom. The highest BCUT2D eigenvalue weighted by Crippen LogP contribution is 2.28. The number of para-hydroxylation sites is 1. The maximum Gasteiger partial charge on any atom is 0.344 e. The summed E-state index contributed by atoms with van der Waals surface area (Å²) >= 11 is 3.38. The number of hydrogen-bond acceptors (Lipinski definition) is 6. The number of imide groups is 2. The number of amides is 4. The number of halogens is 1. The Labute approximate surface area is 186 Å². The van der Waals surface area contributed by atoms with E-state index in [1.807, 2.05) is 6.92 Å². The van der Waals surface area contributed by atoms with Crippen LogP contribution >= 0.6 is 15.9 Å². The molecule has 8 nitrogen and oxygen atoms in total. The molecule has 1 heterocycles. The topological polar surface area (TPSA) is 102 Å². The minimum atomic E-state index is -0.833. The summed E-state index contributed by atoms with van der Waals surface area (Å²) in [7, 11) is 0. The lowest BCUT2D eigenvalue weighted by Crippen LogP contribution is -2.54. The summed E-state index contributed by atoms with van der Waals surface area (Å²) in [6, 6.07) is 10.7. The highest BCUT2D eigenvalue weighted by atomic mass is 79.9. The number of hydrogen-bond donors (Lipinski definition) is 1. The van der Waals surface area contributed by atoms with E-state index in [1.165, 1.54) is 6.08 Å². The van der Waals surface area contributed by atoms with Gasteiger partial charge in [-0.15, -0.1) is 0 Å². The first kappa shape index (κ1) is 22.2. The molecule has 0 aromatic heterocycles. The number of benzene rings is 2. The van der Waals surface area contributed by atoms with Crippen molar-refractivity contribution in [2.24, 2.45) is 0 Å². The molecule has 160 valence electrons. The normalized spacial score (nSPS) is 15.1. The highest BCUT2D eigenvalue weighted by Gasteiger charge is 2.37. The van der Waals surface area contributed by atoms with E-state index in [1.54, 1.807) is 49.4 Å². The minimum absolute atomic E-state index is 0.224. The van der Waals surface area contributed by atoms with Gasteiger partial charge in [-0.1, -0.05) is 34.1 Å². The number of barbiturate groups is 1. The molecule has 0 spiro atoms. The lowest BCUT2D eigenvalue weighted by molar-refractivity contribution is -0.145. The van der Waals surface area contributed by atoms with Gasteiger partial charge in [0.05, 0.1) is 12.3 Å². The van der Waals surface area contributed by atoms with Gasteiger partial charge < -0.3 is 9.47 Å². The van der Waals surface area contributed by atoms with Crippen molar-refractivity contribution in [2.45, 2.75) is 13.8 Å². The maximum absolute atomic E-state index is 13.1. The molecule has 0 radical (unpaired) electrons. The fourth-order valence-electron chi connectivity index (χ4n) is 2.89. The molecule has 0 atom stereocenters. The van der Waals surface area contributed by atoms with Gasteiger partial charge >= 0.3 is 12.0 Å². The fraction of sp³-hybridized carbons (Fsp3) is 0.182. The number of ether oxygens (including phenoxy) is 2. The van der Waals surface area contributed by atoms with E-state index < -0.39 is 23.8 Å². The molecule has 4 amide bonds. The number of anilines is 1. The van der Waals surface area contributed by atoms with E-state index in [4.69, 9.17) is 9.47 Å². The molecule has 1 aliphatic rings. The highest BCUT2D eigenvalue weighted by molar-refractivity contribution is 9.10. The van der Waals surface area contributed by atoms with Gasteiger partial charge in [0.2, 0.25) is 0 Å². The molecule has 0 aliphatic carbocycles. The fourth-order valence-corrected chi connectivity index (χ4v) is 3.13. The van der Waals surface area contributed by atoms with Crippen LogP contribution in [-0.4, -0.2) is 37.0 Å². The second-order valence-electron chi connectivity index (χ2n) is 6.52. The number of esters is 1. The third kappa shape index (κ3) is 5.00. The second kappa shape index (κ2) is 9.57. The Morgan fingerprint density at radius 2 is 1.90 bits per heavy atom. The van der Waals surface area contributed by atoms with Crippen LogP contribution in [0.2, 0.25) is 0 Å². The summed E-state index contributed by atoms with van der Waals surface area (Å²) in [6.45, 7) is 3.40. The third-order valence-corrected chi connectivity index (χ3v) is 5.26. The van der Waals surface area contributed by atoms with Gasteiger partial charge in [-0.3, -0.25) is 14.9 Å². The van der Waals surface area contributed by atoms with Crippen LogP contribution in [-0.2, 0) is 19.1 Å². The summed E-state index contributed by atoms with van der Waals surface area (Å²) in [5.41, 5.74) is 1.30. The van der Waals surface area contributed by atoms with Crippen molar-refractivity contribution in [1.82, 2.24) is 5.32 Å². The largest absolute Gasteiger partial charge is 0.481 e. The summed E-state index contributed by atoms with van der Waals surface area (Å²) in [5, 5.41) is 2.18. The predicted octanol–water partition coefficient (Wildman–Crippen LogP) is 3.37. The van der Waals surface area contributed by atoms with Crippen LogP contribution < -0.4 is 15.0 Å². The van der Waals surface area contributed by atoms with E-state index in [9.17, 15) is 19.2 Å². The molecule has 2 aromatic carbocycles. The summed E-state index contributed by atoms with van der Waals surface area (Å²) in [4.78, 5) is 50.3. The van der Waals surface area contributed by atoms with Crippen molar-refractivity contribution >= 4 is 51.5 Å². The predicted molar refractivity (Wildman–Crippen MR) is 116 cm³/mol. The van der Waals surface area contributed by atoms with Gasteiger partial charge in [0.25, 0.3) is 11.8 Å². The van der Waals surface area contributed by atoms with E-state index in [-0.39, 0.29) is 24.5 Å². The number of aryl methyl sites for hydroxylation is 1. The van der Waals surface area contributed by atoms with Gasteiger partial charge in [-0.25, -0.2) is 14.5 Å². The summed E-state index contributed by atoms with van der Waals surface area (Å²) in [5.74, 6) is -1.85. The molecule has 1 aliphatic heterocycles. The smallest absolute Gasteiger partial charge is 0.344 e. The standard InChI is InChI=1S/C22H19BrN2O6/c1-3-30-19(26)12-31-18-7-5-4-6-14(18)11-16-20(27)24-22(29)25(21(16)28)15-8-9-17(23)13(2)10-15/h4-11H,3,12H2,1-2H3,(H,24,27,29)/b16-11+. The van der Waals surface area contributed by atoms with Crippen molar-refractivity contribution in [3.05, 3.63) is 63.6 Å². The van der Waals surface area contributed by atoms with Crippen LogP contribution in [0.4, 0.5) is 10.5 Å². The van der Waals surface area contributed by atoms with Crippen molar-refractivity contribution in [1.29, 1.82) is 0 Å². The average Bonchev–Trinajstić information content (AvgIpc) is 2.73. The van der Waals surface area contributed by atoms with Gasteiger partial charge in [-0.2, -0.15) is 0 Å². The zero-order valence-corrected chi connectivity index (χ0v) is 18.4. The van der Waals surface area contributed by atoms with Gasteiger partial charge in [-0.05, 0) is 49.8 Å². The average molecular weight is 487 g/mol. The van der Waals surface area contributed by atoms with Gasteiger partial charge in [0.1, 0.15) is 11.3 Å². The van der Waals surface area contributed by atoms with Crippen LogP contribution in [0.25, 0.3) is 6.08 Å². The number of nitrogens with one attached hydrogen (secondary N) is 1. The number of rotatable bonds is 6.